The molecule has 0 saturated carbocycles. The Labute approximate surface area is 198 Å². The van der Waals surface area contributed by atoms with Crippen LogP contribution in [-0.4, -0.2) is 44.1 Å². The summed E-state index contributed by atoms with van der Waals surface area (Å²) in [5.41, 5.74) is 4.73. The number of halogens is 1. The van der Waals surface area contributed by atoms with Gasteiger partial charge < -0.3 is 5.32 Å². The van der Waals surface area contributed by atoms with Crippen LogP contribution in [0.25, 0.3) is 39.5 Å². The van der Waals surface area contributed by atoms with Gasteiger partial charge in [0.25, 0.3) is 0 Å². The fraction of sp³-hybridized carbons (Fsp3) is 0.0833. The molecule has 0 aliphatic heterocycles. The maximum absolute atomic E-state index is 13.5. The van der Waals surface area contributed by atoms with Crippen molar-refractivity contribution in [3.05, 3.63) is 79.1 Å². The summed E-state index contributed by atoms with van der Waals surface area (Å²) in [6.07, 6.45) is 7.04. The third kappa shape index (κ3) is 3.68. The average molecular weight is 466 g/mol. The van der Waals surface area contributed by atoms with Crippen LogP contribution in [0.1, 0.15) is 0 Å². The molecule has 35 heavy (non-hydrogen) atoms. The molecule has 1 aromatic carbocycles. The summed E-state index contributed by atoms with van der Waals surface area (Å²) in [5.74, 6) is 1.60. The lowest BCUT2D eigenvalue weighted by atomic mass is 10.1. The number of fused-ring (bicyclic) bond motifs is 1. The second kappa shape index (κ2) is 8.13. The summed E-state index contributed by atoms with van der Waals surface area (Å²) in [7, 11) is 3.68. The van der Waals surface area contributed by atoms with Crippen molar-refractivity contribution >= 4 is 17.4 Å². The van der Waals surface area contributed by atoms with Gasteiger partial charge in [-0.1, -0.05) is 0 Å². The van der Waals surface area contributed by atoms with Gasteiger partial charge >= 0.3 is 0 Å². The van der Waals surface area contributed by atoms with Gasteiger partial charge in [-0.2, -0.15) is 10.2 Å². The van der Waals surface area contributed by atoms with Gasteiger partial charge in [-0.15, -0.1) is 10.2 Å². The number of benzene rings is 1. The van der Waals surface area contributed by atoms with E-state index in [0.717, 1.165) is 33.9 Å². The van der Waals surface area contributed by atoms with Crippen LogP contribution in [-0.2, 0) is 14.1 Å². The Morgan fingerprint density at radius 3 is 2.51 bits per heavy atom. The van der Waals surface area contributed by atoms with E-state index in [0.29, 0.717) is 17.4 Å². The molecule has 0 saturated heterocycles. The molecular formula is C24H19FN10. The zero-order valence-corrected chi connectivity index (χ0v) is 18.8. The Hall–Kier alpha value is -4.93. The Morgan fingerprint density at radius 2 is 1.71 bits per heavy atom. The number of aromatic nitrogens is 9. The van der Waals surface area contributed by atoms with Gasteiger partial charge in [-0.05, 0) is 42.5 Å². The summed E-state index contributed by atoms with van der Waals surface area (Å²) >= 11 is 0. The third-order valence-corrected chi connectivity index (χ3v) is 5.72. The Bertz CT molecular complexity index is 1660. The first-order valence-corrected chi connectivity index (χ1v) is 10.8. The lowest BCUT2D eigenvalue weighted by Gasteiger charge is -2.08. The van der Waals surface area contributed by atoms with Gasteiger partial charge in [0.2, 0.25) is 5.95 Å². The van der Waals surface area contributed by atoms with Gasteiger partial charge in [0, 0.05) is 43.7 Å². The van der Waals surface area contributed by atoms with Crippen molar-refractivity contribution < 1.29 is 4.39 Å². The highest BCUT2D eigenvalue weighted by molar-refractivity contribution is 5.79. The molecule has 0 radical (unpaired) electrons. The van der Waals surface area contributed by atoms with Crippen LogP contribution in [0.2, 0.25) is 0 Å². The minimum atomic E-state index is -0.290. The molecule has 11 heteroatoms. The Balaban J connectivity index is 1.37. The number of aryl methyl sites for hydroxylation is 2. The molecule has 0 bridgehead atoms. The van der Waals surface area contributed by atoms with Crippen molar-refractivity contribution in [3.8, 4) is 33.9 Å². The van der Waals surface area contributed by atoms with Crippen LogP contribution in [0.15, 0.2) is 73.3 Å². The van der Waals surface area contributed by atoms with E-state index in [9.17, 15) is 4.39 Å². The van der Waals surface area contributed by atoms with E-state index in [4.69, 9.17) is 0 Å². The van der Waals surface area contributed by atoms with E-state index in [1.807, 2.05) is 49.0 Å². The molecule has 0 amide bonds. The standard InChI is InChI=1S/C24H19FN10/c1-33-20(8-11-27-33)30-24-26-10-7-19(29-24)16-9-12-35-21(13-16)31-32-23(35)18-14-28-34(2)22(18)15-3-5-17(25)6-4-15/h3-14H,1-2H3,(H,26,29,30). The van der Waals surface area contributed by atoms with E-state index in [1.54, 1.807) is 40.1 Å². The smallest absolute Gasteiger partial charge is 0.228 e. The van der Waals surface area contributed by atoms with Crippen molar-refractivity contribution in [3.63, 3.8) is 0 Å². The summed E-state index contributed by atoms with van der Waals surface area (Å²) in [6, 6.07) is 13.9. The maximum atomic E-state index is 13.5. The largest absolute Gasteiger partial charge is 0.309 e. The predicted molar refractivity (Wildman–Crippen MR) is 128 cm³/mol. The highest BCUT2D eigenvalue weighted by Gasteiger charge is 2.18. The number of rotatable bonds is 5. The van der Waals surface area contributed by atoms with Crippen LogP contribution in [0.4, 0.5) is 16.2 Å². The van der Waals surface area contributed by atoms with Crippen LogP contribution < -0.4 is 5.32 Å². The first-order chi connectivity index (χ1) is 17.1. The Morgan fingerprint density at radius 1 is 0.857 bits per heavy atom. The van der Waals surface area contributed by atoms with Crippen molar-refractivity contribution in [1.29, 1.82) is 0 Å². The number of hydrogen-bond acceptors (Lipinski definition) is 7. The van der Waals surface area contributed by atoms with E-state index in [-0.39, 0.29) is 5.82 Å². The molecule has 6 aromatic rings. The van der Waals surface area contributed by atoms with Crippen molar-refractivity contribution in [1.82, 2.24) is 44.1 Å². The third-order valence-electron chi connectivity index (χ3n) is 5.72. The van der Waals surface area contributed by atoms with Crippen LogP contribution >= 0.6 is 0 Å². The molecule has 0 aliphatic rings. The fourth-order valence-electron chi connectivity index (χ4n) is 3.98. The van der Waals surface area contributed by atoms with Gasteiger partial charge in [-0.25, -0.2) is 14.4 Å². The lowest BCUT2D eigenvalue weighted by molar-refractivity contribution is 0.628. The number of anilines is 2. The summed E-state index contributed by atoms with van der Waals surface area (Å²) in [4.78, 5) is 8.93. The number of nitrogens with one attached hydrogen (secondary N) is 1. The fourth-order valence-corrected chi connectivity index (χ4v) is 3.98. The van der Waals surface area contributed by atoms with Crippen LogP contribution in [0.5, 0.6) is 0 Å². The quantitative estimate of drug-likeness (QED) is 0.411. The zero-order valence-electron chi connectivity index (χ0n) is 18.8. The normalized spacial score (nSPS) is 11.3. The number of pyridine rings is 1. The molecule has 0 atom stereocenters. The number of nitrogens with zero attached hydrogens (tertiary/aromatic N) is 9. The molecule has 6 rings (SSSR count). The molecule has 1 N–H and O–H groups in total. The van der Waals surface area contributed by atoms with E-state index in [1.165, 1.54) is 12.1 Å². The lowest BCUT2D eigenvalue weighted by Crippen LogP contribution is -2.03. The van der Waals surface area contributed by atoms with Gasteiger partial charge in [0.15, 0.2) is 11.5 Å². The average Bonchev–Trinajstić information content (AvgIpc) is 3.58. The molecule has 0 spiro atoms. The highest BCUT2D eigenvalue weighted by atomic mass is 19.1. The van der Waals surface area contributed by atoms with Gasteiger partial charge in [0.1, 0.15) is 11.6 Å². The van der Waals surface area contributed by atoms with E-state index < -0.39 is 0 Å². The summed E-state index contributed by atoms with van der Waals surface area (Å²) in [5, 5.41) is 20.5. The zero-order chi connectivity index (χ0) is 23.9. The number of hydrogen-bond donors (Lipinski definition) is 1. The van der Waals surface area contributed by atoms with E-state index >= 15 is 0 Å². The highest BCUT2D eigenvalue weighted by Crippen LogP contribution is 2.31. The van der Waals surface area contributed by atoms with Gasteiger partial charge in [0.05, 0.1) is 29.3 Å². The Kier molecular flexibility index (Phi) is 4.80. The van der Waals surface area contributed by atoms with E-state index in [2.05, 4.69) is 35.7 Å². The topological polar surface area (TPSA) is 104 Å². The molecular weight excluding hydrogens is 447 g/mol. The van der Waals surface area contributed by atoms with Crippen molar-refractivity contribution in [2.45, 2.75) is 0 Å². The first-order valence-electron chi connectivity index (χ1n) is 10.8. The molecule has 5 heterocycles. The molecule has 0 fully saturated rings. The van der Waals surface area contributed by atoms with Crippen molar-refractivity contribution in [2.24, 2.45) is 14.1 Å². The first kappa shape index (κ1) is 20.7. The molecule has 0 unspecified atom stereocenters. The van der Waals surface area contributed by atoms with Crippen LogP contribution in [0, 0.1) is 5.82 Å². The second-order valence-corrected chi connectivity index (χ2v) is 7.94. The van der Waals surface area contributed by atoms with Crippen molar-refractivity contribution in [2.75, 3.05) is 5.32 Å². The molecule has 10 nitrogen and oxygen atoms in total. The maximum Gasteiger partial charge on any atom is 0.228 e. The monoisotopic (exact) mass is 466 g/mol. The van der Waals surface area contributed by atoms with Gasteiger partial charge in [-0.3, -0.25) is 13.8 Å². The SMILES string of the molecule is Cn1nccc1Nc1nccc(-c2ccn3c(-c4cnn(C)c4-c4ccc(F)cc4)nnc3c2)n1. The molecule has 5 aromatic heterocycles. The van der Waals surface area contributed by atoms with Crippen LogP contribution in [0.3, 0.4) is 0 Å². The molecule has 172 valence electrons. The summed E-state index contributed by atoms with van der Waals surface area (Å²) < 4.78 is 18.8. The summed E-state index contributed by atoms with van der Waals surface area (Å²) in [6.45, 7) is 0. The predicted octanol–water partition coefficient (Wildman–Crippen LogP) is 3.87. The minimum Gasteiger partial charge on any atom is -0.309 e. The second-order valence-electron chi connectivity index (χ2n) is 7.94. The minimum absolute atomic E-state index is 0.290. The molecule has 0 aliphatic carbocycles.